The number of hydrogen-bond donors (Lipinski definition) is 2. The molecular weight excluding hydrogens is 276 g/mol. The molecule has 4 heteroatoms. The molecule has 4 nitrogen and oxygen atoms in total. The Morgan fingerprint density at radius 3 is 2.68 bits per heavy atom. The van der Waals surface area contributed by atoms with Crippen molar-refractivity contribution in [1.29, 1.82) is 0 Å². The van der Waals surface area contributed by atoms with Crippen LogP contribution in [0.25, 0.3) is 0 Å². The van der Waals surface area contributed by atoms with E-state index >= 15 is 0 Å². The largest absolute Gasteiger partial charge is 0.364 e. The van der Waals surface area contributed by atoms with Crippen molar-refractivity contribution in [3.8, 4) is 0 Å². The highest BCUT2D eigenvalue weighted by Crippen LogP contribution is 2.16. The summed E-state index contributed by atoms with van der Waals surface area (Å²) >= 11 is 0. The Morgan fingerprint density at radius 2 is 1.91 bits per heavy atom. The van der Waals surface area contributed by atoms with Gasteiger partial charge in [-0.3, -0.25) is 9.59 Å². The summed E-state index contributed by atoms with van der Waals surface area (Å²) in [7, 11) is 0. The van der Waals surface area contributed by atoms with Crippen molar-refractivity contribution in [2.75, 3.05) is 0 Å². The van der Waals surface area contributed by atoms with Gasteiger partial charge in [-0.25, -0.2) is 0 Å². The lowest BCUT2D eigenvalue weighted by atomic mass is 9.94. The Balaban J connectivity index is 1.75. The summed E-state index contributed by atoms with van der Waals surface area (Å²) in [6.45, 7) is 2.45. The van der Waals surface area contributed by atoms with Crippen molar-refractivity contribution in [2.24, 2.45) is 0 Å². The van der Waals surface area contributed by atoms with E-state index in [2.05, 4.69) is 10.3 Å². The smallest absolute Gasteiger partial charge is 0.257 e. The number of hydrogen-bond acceptors (Lipinski definition) is 2. The van der Waals surface area contributed by atoms with Crippen molar-refractivity contribution in [1.82, 2.24) is 10.3 Å². The number of amides is 1. The highest BCUT2D eigenvalue weighted by molar-refractivity contribution is 5.94. The summed E-state index contributed by atoms with van der Waals surface area (Å²) in [5, 5.41) is 2.82. The first-order valence-electron chi connectivity index (χ1n) is 7.72. The summed E-state index contributed by atoms with van der Waals surface area (Å²) in [5.41, 5.74) is 4.08. The van der Waals surface area contributed by atoms with Gasteiger partial charge < -0.3 is 10.3 Å². The van der Waals surface area contributed by atoms with Crippen molar-refractivity contribution < 1.29 is 4.79 Å². The van der Waals surface area contributed by atoms with E-state index in [1.54, 1.807) is 6.20 Å². The van der Waals surface area contributed by atoms with E-state index in [4.69, 9.17) is 0 Å². The van der Waals surface area contributed by atoms with Gasteiger partial charge in [0.05, 0.1) is 0 Å². The van der Waals surface area contributed by atoms with Gasteiger partial charge in [-0.2, -0.15) is 0 Å². The van der Waals surface area contributed by atoms with Gasteiger partial charge >= 0.3 is 0 Å². The summed E-state index contributed by atoms with van der Waals surface area (Å²) in [6.07, 6.45) is 5.34. The maximum atomic E-state index is 12.4. The number of aromatic nitrogens is 1. The number of aryl methyl sites for hydroxylation is 2. The van der Waals surface area contributed by atoms with Crippen LogP contribution in [0.3, 0.4) is 0 Å². The van der Waals surface area contributed by atoms with E-state index in [1.165, 1.54) is 5.56 Å². The molecule has 2 N–H and O–H groups in total. The maximum Gasteiger partial charge on any atom is 0.257 e. The molecule has 1 amide bonds. The van der Waals surface area contributed by atoms with E-state index < -0.39 is 0 Å². The van der Waals surface area contributed by atoms with Crippen LogP contribution >= 0.6 is 0 Å². The molecule has 0 aliphatic heterocycles. The van der Waals surface area contributed by atoms with E-state index in [9.17, 15) is 9.59 Å². The van der Waals surface area contributed by atoms with Crippen molar-refractivity contribution in [3.05, 3.63) is 68.6 Å². The Labute approximate surface area is 129 Å². The monoisotopic (exact) mass is 296 g/mol. The van der Waals surface area contributed by atoms with Gasteiger partial charge in [0.25, 0.3) is 5.91 Å². The topological polar surface area (TPSA) is 62.0 Å². The molecule has 1 aliphatic carbocycles. The predicted molar refractivity (Wildman–Crippen MR) is 86.1 cm³/mol. The molecule has 0 spiro atoms. The summed E-state index contributed by atoms with van der Waals surface area (Å²) in [4.78, 5) is 27.8. The van der Waals surface area contributed by atoms with Crippen molar-refractivity contribution in [3.63, 3.8) is 0 Å². The molecule has 1 aliphatic rings. The fraction of sp³-hybridized carbons (Fsp3) is 0.333. The molecule has 0 saturated heterocycles. The standard InChI is InChI=1S/C18H20N2O2/c1-12-6-8-13(9-7-12)10-20-18(22)15-11-19-16-5-3-2-4-14(16)17(15)21/h6-9,11H,2-5,10H2,1H3,(H,19,21)(H,20,22). The molecule has 0 radical (unpaired) electrons. The third-order valence-corrected chi connectivity index (χ3v) is 4.20. The van der Waals surface area contributed by atoms with Crippen LogP contribution in [-0.2, 0) is 19.4 Å². The fourth-order valence-corrected chi connectivity index (χ4v) is 2.85. The van der Waals surface area contributed by atoms with Crippen LogP contribution < -0.4 is 10.7 Å². The van der Waals surface area contributed by atoms with E-state index in [1.807, 2.05) is 31.2 Å². The molecule has 1 aromatic carbocycles. The van der Waals surface area contributed by atoms with Crippen LogP contribution in [-0.4, -0.2) is 10.9 Å². The summed E-state index contributed by atoms with van der Waals surface area (Å²) < 4.78 is 0. The van der Waals surface area contributed by atoms with Gasteiger partial charge in [0.2, 0.25) is 0 Å². The van der Waals surface area contributed by atoms with Gasteiger partial charge in [0.1, 0.15) is 5.56 Å². The lowest BCUT2D eigenvalue weighted by Gasteiger charge is -2.15. The second-order valence-corrected chi connectivity index (χ2v) is 5.86. The third-order valence-electron chi connectivity index (χ3n) is 4.20. The van der Waals surface area contributed by atoms with Crippen LogP contribution in [0.15, 0.2) is 35.3 Å². The van der Waals surface area contributed by atoms with E-state index in [0.717, 1.165) is 42.5 Å². The van der Waals surface area contributed by atoms with Crippen LogP contribution in [0.2, 0.25) is 0 Å². The van der Waals surface area contributed by atoms with Gasteiger partial charge in [0, 0.05) is 24.0 Å². The number of rotatable bonds is 3. The minimum Gasteiger partial charge on any atom is -0.364 e. The number of nitrogens with one attached hydrogen (secondary N) is 2. The van der Waals surface area contributed by atoms with Crippen molar-refractivity contribution >= 4 is 5.91 Å². The second-order valence-electron chi connectivity index (χ2n) is 5.86. The molecular formula is C18H20N2O2. The third kappa shape index (κ3) is 2.96. The highest BCUT2D eigenvalue weighted by Gasteiger charge is 2.18. The highest BCUT2D eigenvalue weighted by atomic mass is 16.2. The fourth-order valence-electron chi connectivity index (χ4n) is 2.85. The van der Waals surface area contributed by atoms with Gasteiger partial charge in [-0.05, 0) is 38.2 Å². The van der Waals surface area contributed by atoms with Crippen LogP contribution in [0.1, 0.15) is 45.6 Å². The summed E-state index contributed by atoms with van der Waals surface area (Å²) in [6, 6.07) is 7.97. The van der Waals surface area contributed by atoms with Crippen LogP contribution in [0, 0.1) is 6.92 Å². The maximum absolute atomic E-state index is 12.4. The quantitative estimate of drug-likeness (QED) is 0.914. The van der Waals surface area contributed by atoms with Crippen LogP contribution in [0.4, 0.5) is 0 Å². The van der Waals surface area contributed by atoms with Gasteiger partial charge in [-0.1, -0.05) is 29.8 Å². The van der Waals surface area contributed by atoms with Gasteiger partial charge in [-0.15, -0.1) is 0 Å². The number of H-pyrrole nitrogens is 1. The number of aromatic amines is 1. The Morgan fingerprint density at radius 1 is 1.18 bits per heavy atom. The van der Waals surface area contributed by atoms with E-state index in [0.29, 0.717) is 6.54 Å². The Hall–Kier alpha value is -2.36. The zero-order chi connectivity index (χ0) is 15.5. The Kier molecular flexibility index (Phi) is 4.09. The minimum atomic E-state index is -0.310. The lowest BCUT2D eigenvalue weighted by molar-refractivity contribution is 0.0949. The molecule has 0 atom stereocenters. The molecule has 0 bridgehead atoms. The normalized spacial score (nSPS) is 13.5. The number of carbonyl (C=O) groups excluding carboxylic acids is 1. The van der Waals surface area contributed by atoms with Crippen molar-refractivity contribution in [2.45, 2.75) is 39.2 Å². The zero-order valence-electron chi connectivity index (χ0n) is 12.7. The first-order chi connectivity index (χ1) is 10.6. The minimum absolute atomic E-state index is 0.116. The molecule has 22 heavy (non-hydrogen) atoms. The van der Waals surface area contributed by atoms with Crippen LogP contribution in [0.5, 0.6) is 0 Å². The molecule has 2 aromatic rings. The number of fused-ring (bicyclic) bond motifs is 1. The molecule has 1 heterocycles. The van der Waals surface area contributed by atoms with Gasteiger partial charge in [0.15, 0.2) is 5.43 Å². The molecule has 1 aromatic heterocycles. The average Bonchev–Trinajstić information content (AvgIpc) is 2.55. The van der Waals surface area contributed by atoms with E-state index in [-0.39, 0.29) is 16.9 Å². The molecule has 3 rings (SSSR count). The first-order valence-corrected chi connectivity index (χ1v) is 7.72. The molecule has 0 saturated carbocycles. The molecule has 114 valence electrons. The lowest BCUT2D eigenvalue weighted by Crippen LogP contribution is -2.31. The first kappa shape index (κ1) is 14.6. The number of carbonyl (C=O) groups is 1. The second kappa shape index (κ2) is 6.18. The zero-order valence-corrected chi connectivity index (χ0v) is 12.7. The molecule has 0 unspecified atom stereocenters. The number of pyridine rings is 1. The number of benzene rings is 1. The average molecular weight is 296 g/mol. The summed E-state index contributed by atoms with van der Waals surface area (Å²) in [5.74, 6) is -0.310. The molecule has 0 fully saturated rings. The SMILES string of the molecule is Cc1ccc(CNC(=O)c2c[nH]c3c(c2=O)CCCC3)cc1. The Bertz CT molecular complexity index is 745. The predicted octanol–water partition coefficient (Wildman–Crippen LogP) is 2.49.